The summed E-state index contributed by atoms with van der Waals surface area (Å²) in [5.41, 5.74) is -0.0592. The molecule has 0 saturated carbocycles. The maximum Gasteiger partial charge on any atom is 0.543 e. The zero-order valence-corrected chi connectivity index (χ0v) is 17.4. The van der Waals surface area contributed by atoms with Gasteiger partial charge in [0.15, 0.2) is 17.3 Å². The second kappa shape index (κ2) is 11.9. The summed E-state index contributed by atoms with van der Waals surface area (Å²) < 4.78 is 38.0. The van der Waals surface area contributed by atoms with Crippen LogP contribution in [0, 0.1) is 5.82 Å². The first-order valence-corrected chi connectivity index (χ1v) is 11.0. The molecule has 6 nitrogen and oxygen atoms in total. The van der Waals surface area contributed by atoms with Gasteiger partial charge < -0.3 is 23.1 Å². The molecule has 0 fully saturated rings. The van der Waals surface area contributed by atoms with Crippen LogP contribution >= 0.6 is 0 Å². The molecule has 1 aromatic carbocycles. The molecule has 1 rings (SSSR count). The topological polar surface area (TPSA) is 74.2 Å². The van der Waals surface area contributed by atoms with E-state index in [0.717, 1.165) is 12.5 Å². The summed E-state index contributed by atoms with van der Waals surface area (Å²) in [4.78, 5) is 10.7. The molecule has 0 aliphatic heterocycles. The first kappa shape index (κ1) is 23.3. The summed E-state index contributed by atoms with van der Waals surface area (Å²) in [6, 6.07) is 4.18. The van der Waals surface area contributed by atoms with E-state index in [1.54, 1.807) is 0 Å². The van der Waals surface area contributed by atoms with Crippen molar-refractivity contribution in [3.05, 3.63) is 35.7 Å². The minimum Gasteiger partial charge on any atom is -0.483 e. The van der Waals surface area contributed by atoms with Crippen LogP contribution in [0.5, 0.6) is 5.75 Å². The van der Waals surface area contributed by atoms with E-state index in [1.165, 1.54) is 24.3 Å². The third-order valence-electron chi connectivity index (χ3n) is 3.62. The van der Waals surface area contributed by atoms with E-state index in [2.05, 4.69) is 0 Å². The van der Waals surface area contributed by atoms with Crippen molar-refractivity contribution in [1.82, 2.24) is 0 Å². The Morgan fingerprint density at radius 2 is 1.74 bits per heavy atom. The molecule has 1 aromatic rings. The van der Waals surface area contributed by atoms with Gasteiger partial charge in [0.1, 0.15) is 0 Å². The Labute approximate surface area is 161 Å². The van der Waals surface area contributed by atoms with Crippen LogP contribution in [0.4, 0.5) is 4.39 Å². The molecule has 0 saturated heterocycles. The van der Waals surface area contributed by atoms with Crippen molar-refractivity contribution in [2.45, 2.75) is 46.3 Å². The molecule has 27 heavy (non-hydrogen) atoms. The van der Waals surface area contributed by atoms with E-state index in [1.807, 2.05) is 27.7 Å². The highest BCUT2D eigenvalue weighted by atomic mass is 28.4. The summed E-state index contributed by atoms with van der Waals surface area (Å²) in [5, 5.41) is 8.76. The van der Waals surface area contributed by atoms with Gasteiger partial charge in [-0.1, -0.05) is 19.4 Å². The molecule has 1 unspecified atom stereocenters. The lowest BCUT2D eigenvalue weighted by Gasteiger charge is -2.35. The molecule has 0 aliphatic rings. The minimum absolute atomic E-state index is 0.0111. The van der Waals surface area contributed by atoms with Gasteiger partial charge in [0.25, 0.3) is 0 Å². The molecule has 0 aromatic heterocycles. The van der Waals surface area contributed by atoms with Gasteiger partial charge in [0.2, 0.25) is 0 Å². The number of carboxylic acids is 1. The van der Waals surface area contributed by atoms with Gasteiger partial charge in [-0.05, 0) is 51.0 Å². The maximum atomic E-state index is 14.3. The van der Waals surface area contributed by atoms with E-state index < -0.39 is 26.3 Å². The Morgan fingerprint density at radius 1 is 1.15 bits per heavy atom. The molecule has 0 spiro atoms. The highest BCUT2D eigenvalue weighted by Gasteiger charge is 2.51. The number of hydrogen-bond donors (Lipinski definition) is 1. The van der Waals surface area contributed by atoms with E-state index in [9.17, 15) is 9.18 Å². The number of rotatable bonds is 13. The predicted molar refractivity (Wildman–Crippen MR) is 103 cm³/mol. The van der Waals surface area contributed by atoms with Gasteiger partial charge in [-0.25, -0.2) is 9.18 Å². The standard InChI is InChI=1S/C19H29FO6Si/c1-5-9-19(27(23-6-2,24-7-3)25-8-4)26-17-14-15(10-12-16(17)20)11-13-18(21)22/h10-14,19H,5-9H2,1-4H3,(H,21,22)/b13-11+. The fourth-order valence-corrected chi connectivity index (χ4v) is 5.54. The van der Waals surface area contributed by atoms with E-state index in [0.29, 0.717) is 31.8 Å². The van der Waals surface area contributed by atoms with Gasteiger partial charge in [0.05, 0.1) is 0 Å². The molecule has 0 aliphatic carbocycles. The van der Waals surface area contributed by atoms with Crippen LogP contribution in [0.1, 0.15) is 46.1 Å². The van der Waals surface area contributed by atoms with Crippen LogP contribution in [0.3, 0.4) is 0 Å². The van der Waals surface area contributed by atoms with Crippen LogP contribution in [-0.2, 0) is 18.1 Å². The first-order valence-electron chi connectivity index (χ1n) is 9.21. The molecule has 1 N–H and O–H groups in total. The summed E-state index contributed by atoms with van der Waals surface area (Å²) >= 11 is 0. The molecule has 152 valence electrons. The van der Waals surface area contributed by atoms with Crippen molar-refractivity contribution in [2.24, 2.45) is 0 Å². The van der Waals surface area contributed by atoms with Crippen molar-refractivity contribution >= 4 is 20.8 Å². The third-order valence-corrected chi connectivity index (χ3v) is 6.89. The maximum absolute atomic E-state index is 14.3. The van der Waals surface area contributed by atoms with Crippen LogP contribution in [-0.4, -0.2) is 45.4 Å². The van der Waals surface area contributed by atoms with Crippen LogP contribution in [0.2, 0.25) is 0 Å². The lowest BCUT2D eigenvalue weighted by Crippen LogP contribution is -2.59. The van der Waals surface area contributed by atoms with Crippen LogP contribution in [0.25, 0.3) is 6.08 Å². The van der Waals surface area contributed by atoms with Crippen molar-refractivity contribution in [3.63, 3.8) is 0 Å². The average Bonchev–Trinajstić information content (AvgIpc) is 2.62. The number of hydrogen-bond acceptors (Lipinski definition) is 5. The summed E-state index contributed by atoms with van der Waals surface area (Å²) in [7, 11) is -3.21. The Hall–Kier alpha value is -1.74. The molecular formula is C19H29FO6Si. The molecule has 8 heteroatoms. The van der Waals surface area contributed by atoms with E-state index in [-0.39, 0.29) is 5.75 Å². The Kier molecular flexibility index (Phi) is 10.2. The largest absolute Gasteiger partial charge is 0.543 e. The zero-order valence-electron chi connectivity index (χ0n) is 16.4. The first-order chi connectivity index (χ1) is 12.9. The molecule has 0 bridgehead atoms. The van der Waals surface area contributed by atoms with Gasteiger partial charge >= 0.3 is 14.8 Å². The quantitative estimate of drug-likeness (QED) is 0.398. The Morgan fingerprint density at radius 3 is 2.22 bits per heavy atom. The molecule has 0 amide bonds. The van der Waals surface area contributed by atoms with Gasteiger partial charge in [-0.2, -0.15) is 0 Å². The highest BCUT2D eigenvalue weighted by Crippen LogP contribution is 2.27. The van der Waals surface area contributed by atoms with Crippen molar-refractivity contribution < 1.29 is 32.3 Å². The lowest BCUT2D eigenvalue weighted by molar-refractivity contribution is -0.131. The smallest absolute Gasteiger partial charge is 0.483 e. The molecule has 0 heterocycles. The second-order valence-corrected chi connectivity index (χ2v) is 8.38. The van der Waals surface area contributed by atoms with Crippen molar-refractivity contribution in [3.8, 4) is 5.75 Å². The minimum atomic E-state index is -3.21. The van der Waals surface area contributed by atoms with E-state index >= 15 is 0 Å². The number of ether oxygens (including phenoxy) is 1. The summed E-state index contributed by atoms with van der Waals surface area (Å²) in [6.07, 6.45) is 3.70. The lowest BCUT2D eigenvalue weighted by atomic mass is 10.2. The third kappa shape index (κ3) is 7.06. The molecule has 1 atom stereocenters. The number of carboxylic acid groups (broad SMARTS) is 1. The fraction of sp³-hybridized carbons (Fsp3) is 0.526. The van der Waals surface area contributed by atoms with E-state index in [4.69, 9.17) is 23.1 Å². The molecular weight excluding hydrogens is 371 g/mol. The van der Waals surface area contributed by atoms with Crippen molar-refractivity contribution in [1.29, 1.82) is 0 Å². The zero-order chi connectivity index (χ0) is 20.3. The number of aliphatic carboxylic acids is 1. The van der Waals surface area contributed by atoms with Crippen LogP contribution < -0.4 is 4.74 Å². The number of benzene rings is 1. The highest BCUT2D eigenvalue weighted by molar-refractivity contribution is 6.62. The SMILES string of the molecule is CCCC(Oc1cc(/C=C/C(=O)O)ccc1F)[Si](OCC)(OCC)OCC. The average molecular weight is 401 g/mol. The fourth-order valence-electron chi connectivity index (χ4n) is 2.61. The number of carbonyl (C=O) groups is 1. The summed E-state index contributed by atoms with van der Waals surface area (Å²) in [6.45, 7) is 8.70. The normalized spacial score (nSPS) is 13.1. The monoisotopic (exact) mass is 400 g/mol. The van der Waals surface area contributed by atoms with Crippen molar-refractivity contribution in [2.75, 3.05) is 19.8 Å². The number of halogens is 1. The molecule has 0 radical (unpaired) electrons. The second-order valence-electron chi connectivity index (χ2n) is 5.66. The Balaban J connectivity index is 3.23. The predicted octanol–water partition coefficient (Wildman–Crippen LogP) is 4.06. The summed E-state index contributed by atoms with van der Waals surface area (Å²) in [5.74, 6) is -1.62. The van der Waals surface area contributed by atoms with Gasteiger partial charge in [-0.3, -0.25) is 0 Å². The van der Waals surface area contributed by atoms with Crippen LogP contribution in [0.15, 0.2) is 24.3 Å². The Bertz CT molecular complexity index is 605. The van der Waals surface area contributed by atoms with Gasteiger partial charge in [0, 0.05) is 25.9 Å². The van der Waals surface area contributed by atoms with Gasteiger partial charge in [-0.15, -0.1) is 0 Å².